The van der Waals surface area contributed by atoms with Gasteiger partial charge in [0.2, 0.25) is 0 Å². The molecule has 4 heteroatoms. The summed E-state index contributed by atoms with van der Waals surface area (Å²) in [5.41, 5.74) is 5.55. The van der Waals surface area contributed by atoms with E-state index in [1.165, 1.54) is 11.1 Å². The minimum atomic E-state index is 0.231. The van der Waals surface area contributed by atoms with Crippen molar-refractivity contribution in [1.82, 2.24) is 5.43 Å². The number of hydrogen-bond acceptors (Lipinski definition) is 3. The molecule has 18 heavy (non-hydrogen) atoms. The van der Waals surface area contributed by atoms with Crippen molar-refractivity contribution in [3.8, 4) is 0 Å². The molecule has 1 heterocycles. The molecule has 0 aliphatic carbocycles. The van der Waals surface area contributed by atoms with E-state index in [0.29, 0.717) is 0 Å². The Morgan fingerprint density at radius 2 is 2.00 bits per heavy atom. The topological polar surface area (TPSA) is 38.0 Å². The smallest absolute Gasteiger partial charge is 0.0479 e. The van der Waals surface area contributed by atoms with Crippen LogP contribution in [0.25, 0.3) is 0 Å². The highest BCUT2D eigenvalue weighted by atomic mass is 79.9. The highest BCUT2D eigenvalue weighted by molar-refractivity contribution is 9.10. The van der Waals surface area contributed by atoms with Crippen LogP contribution >= 0.6 is 27.3 Å². The van der Waals surface area contributed by atoms with Crippen LogP contribution in [-0.4, -0.2) is 0 Å². The molecule has 0 radical (unpaired) electrons. The van der Waals surface area contributed by atoms with Crippen molar-refractivity contribution in [2.75, 3.05) is 0 Å². The Labute approximate surface area is 120 Å². The number of hydrazine groups is 1. The monoisotopic (exact) mass is 324 g/mol. The van der Waals surface area contributed by atoms with Gasteiger partial charge in [-0.2, -0.15) is 11.3 Å². The first-order valence-corrected chi connectivity index (χ1v) is 7.76. The predicted molar refractivity (Wildman–Crippen MR) is 81.5 cm³/mol. The van der Waals surface area contributed by atoms with Gasteiger partial charge in [0.1, 0.15) is 0 Å². The number of hydrogen-bond donors (Lipinski definition) is 2. The van der Waals surface area contributed by atoms with Gasteiger partial charge in [0, 0.05) is 15.9 Å². The summed E-state index contributed by atoms with van der Waals surface area (Å²) >= 11 is 5.26. The van der Waals surface area contributed by atoms with E-state index in [0.717, 1.165) is 23.7 Å². The molecule has 0 spiro atoms. The predicted octanol–water partition coefficient (Wildman–Crippen LogP) is 4.04. The van der Waals surface area contributed by atoms with Crippen LogP contribution < -0.4 is 11.3 Å². The Hall–Kier alpha value is -0.680. The molecule has 0 fully saturated rings. The molecule has 2 rings (SSSR count). The van der Waals surface area contributed by atoms with E-state index < -0.39 is 0 Å². The summed E-state index contributed by atoms with van der Waals surface area (Å²) in [5, 5.41) is 4.24. The van der Waals surface area contributed by atoms with E-state index >= 15 is 0 Å². The molecule has 3 N–H and O–H groups in total. The fourth-order valence-corrected chi connectivity index (χ4v) is 3.65. The Kier molecular flexibility index (Phi) is 5.38. The van der Waals surface area contributed by atoms with Gasteiger partial charge in [-0.05, 0) is 51.7 Å². The lowest BCUT2D eigenvalue weighted by molar-refractivity contribution is 0.498. The Balaban J connectivity index is 1.87. The summed E-state index contributed by atoms with van der Waals surface area (Å²) in [6.45, 7) is 0. The van der Waals surface area contributed by atoms with Crippen LogP contribution in [0.1, 0.15) is 30.0 Å². The molecular weight excluding hydrogens is 308 g/mol. The third kappa shape index (κ3) is 3.65. The van der Waals surface area contributed by atoms with Gasteiger partial charge in [0.15, 0.2) is 0 Å². The zero-order valence-corrected chi connectivity index (χ0v) is 12.5. The minimum absolute atomic E-state index is 0.231. The summed E-state index contributed by atoms with van der Waals surface area (Å²) in [4.78, 5) is 0. The molecule has 1 aromatic heterocycles. The molecule has 1 aromatic carbocycles. The second kappa shape index (κ2) is 7.04. The maximum absolute atomic E-state index is 5.65. The molecule has 2 nitrogen and oxygen atoms in total. The van der Waals surface area contributed by atoms with Gasteiger partial charge >= 0.3 is 0 Å². The summed E-state index contributed by atoms with van der Waals surface area (Å²) in [5.74, 6) is 5.65. The molecule has 0 amide bonds. The molecule has 0 aliphatic heterocycles. The van der Waals surface area contributed by atoms with E-state index in [1.54, 1.807) is 11.3 Å². The highest BCUT2D eigenvalue weighted by Gasteiger charge is 2.13. The third-order valence-corrected chi connectivity index (χ3v) is 4.77. The van der Waals surface area contributed by atoms with E-state index in [4.69, 9.17) is 5.84 Å². The Bertz CT molecular complexity index is 470. The number of nitrogens with two attached hydrogens (primary N) is 1. The summed E-state index contributed by atoms with van der Waals surface area (Å²) in [7, 11) is 0. The van der Waals surface area contributed by atoms with Crippen molar-refractivity contribution in [1.29, 1.82) is 0 Å². The number of rotatable bonds is 6. The minimum Gasteiger partial charge on any atom is -0.271 e. The molecule has 1 unspecified atom stereocenters. The fourth-order valence-electron chi connectivity index (χ4n) is 2.02. The van der Waals surface area contributed by atoms with Gasteiger partial charge in [-0.15, -0.1) is 0 Å². The molecule has 0 saturated carbocycles. The van der Waals surface area contributed by atoms with Crippen LogP contribution in [0, 0.1) is 0 Å². The summed E-state index contributed by atoms with van der Waals surface area (Å²) in [6.07, 6.45) is 3.27. The van der Waals surface area contributed by atoms with Crippen molar-refractivity contribution in [3.63, 3.8) is 0 Å². The van der Waals surface area contributed by atoms with Crippen LogP contribution in [0.3, 0.4) is 0 Å². The van der Waals surface area contributed by atoms with Gasteiger partial charge in [-0.25, -0.2) is 0 Å². The van der Waals surface area contributed by atoms with Crippen molar-refractivity contribution in [2.45, 2.75) is 25.3 Å². The average molecular weight is 325 g/mol. The van der Waals surface area contributed by atoms with Gasteiger partial charge in [0.05, 0.1) is 0 Å². The van der Waals surface area contributed by atoms with Crippen LogP contribution in [0.2, 0.25) is 0 Å². The Morgan fingerprint density at radius 1 is 1.22 bits per heavy atom. The van der Waals surface area contributed by atoms with Crippen LogP contribution in [0.15, 0.2) is 45.6 Å². The first kappa shape index (κ1) is 13.7. The maximum Gasteiger partial charge on any atom is 0.0479 e. The molecule has 2 aromatic rings. The summed E-state index contributed by atoms with van der Waals surface area (Å²) < 4.78 is 1.15. The van der Waals surface area contributed by atoms with Gasteiger partial charge < -0.3 is 0 Å². The van der Waals surface area contributed by atoms with Crippen molar-refractivity contribution in [3.05, 3.63) is 56.7 Å². The van der Waals surface area contributed by atoms with Crippen LogP contribution in [-0.2, 0) is 6.42 Å². The zero-order chi connectivity index (χ0) is 12.8. The van der Waals surface area contributed by atoms with Crippen molar-refractivity contribution in [2.24, 2.45) is 5.84 Å². The molecular formula is C14H17BrN2S. The molecule has 1 atom stereocenters. The van der Waals surface area contributed by atoms with Crippen LogP contribution in [0.5, 0.6) is 0 Å². The molecule has 0 saturated heterocycles. The lowest BCUT2D eigenvalue weighted by Gasteiger charge is -2.15. The number of benzene rings is 1. The number of aryl methyl sites for hydroxylation is 1. The maximum atomic E-state index is 5.65. The zero-order valence-electron chi connectivity index (χ0n) is 10.1. The second-order valence-corrected chi connectivity index (χ2v) is 5.87. The third-order valence-electron chi connectivity index (χ3n) is 3.02. The molecule has 0 aliphatic rings. The lowest BCUT2D eigenvalue weighted by Crippen LogP contribution is -2.28. The van der Waals surface area contributed by atoms with Gasteiger partial charge in [0.25, 0.3) is 0 Å². The standard InChI is InChI=1S/C14H17BrN2S/c15-13-10-18-9-12(13)14(17-16)8-4-7-11-5-2-1-3-6-11/h1-3,5-6,9-10,14,17H,4,7-8,16H2. The molecule has 96 valence electrons. The van der Waals surface area contributed by atoms with Crippen molar-refractivity contribution >= 4 is 27.3 Å². The van der Waals surface area contributed by atoms with Crippen LogP contribution in [0.4, 0.5) is 0 Å². The Morgan fingerprint density at radius 3 is 2.61 bits per heavy atom. The van der Waals surface area contributed by atoms with E-state index in [-0.39, 0.29) is 6.04 Å². The summed E-state index contributed by atoms with van der Waals surface area (Å²) in [6, 6.07) is 10.8. The SMILES string of the molecule is NNC(CCCc1ccccc1)c1cscc1Br. The van der Waals surface area contributed by atoms with E-state index in [2.05, 4.69) is 62.4 Å². The quantitative estimate of drug-likeness (QED) is 0.621. The fraction of sp³-hybridized carbons (Fsp3) is 0.286. The number of nitrogens with one attached hydrogen (secondary N) is 1. The largest absolute Gasteiger partial charge is 0.271 e. The second-order valence-electron chi connectivity index (χ2n) is 4.27. The van der Waals surface area contributed by atoms with E-state index in [9.17, 15) is 0 Å². The number of thiophene rings is 1. The first-order valence-electron chi connectivity index (χ1n) is 6.03. The van der Waals surface area contributed by atoms with E-state index in [1.807, 2.05) is 0 Å². The van der Waals surface area contributed by atoms with Gasteiger partial charge in [-0.3, -0.25) is 11.3 Å². The first-order chi connectivity index (χ1) is 8.81. The average Bonchev–Trinajstić information content (AvgIpc) is 2.82. The van der Waals surface area contributed by atoms with Gasteiger partial charge in [-0.1, -0.05) is 30.3 Å². The lowest BCUT2D eigenvalue weighted by atomic mass is 10.0. The normalized spacial score (nSPS) is 12.6. The molecule has 0 bridgehead atoms. The van der Waals surface area contributed by atoms with Crippen molar-refractivity contribution < 1.29 is 0 Å². The highest BCUT2D eigenvalue weighted by Crippen LogP contribution is 2.29. The number of halogens is 1.